The van der Waals surface area contributed by atoms with Crippen LogP contribution in [0.1, 0.15) is 22.5 Å². The van der Waals surface area contributed by atoms with E-state index >= 15 is 0 Å². The second-order valence-corrected chi connectivity index (χ2v) is 7.67. The first-order valence-electron chi connectivity index (χ1n) is 7.93. The molecule has 1 aromatic heterocycles. The molecule has 0 radical (unpaired) electrons. The van der Waals surface area contributed by atoms with E-state index in [0.29, 0.717) is 15.6 Å². The Balaban J connectivity index is 2.09. The summed E-state index contributed by atoms with van der Waals surface area (Å²) in [5, 5.41) is 10.5. The van der Waals surface area contributed by atoms with Gasteiger partial charge >= 0.3 is 0 Å². The topological polar surface area (TPSA) is 28.7 Å². The zero-order valence-electron chi connectivity index (χ0n) is 14.2. The molecule has 0 atom stereocenters. The van der Waals surface area contributed by atoms with E-state index in [1.165, 1.54) is 0 Å². The number of nitriles is 1. The summed E-state index contributed by atoms with van der Waals surface area (Å²) >= 11 is 15.6. The van der Waals surface area contributed by atoms with E-state index in [4.69, 9.17) is 23.2 Å². The highest BCUT2D eigenvalue weighted by Crippen LogP contribution is 2.29. The van der Waals surface area contributed by atoms with Gasteiger partial charge in [-0.2, -0.15) is 5.26 Å². The van der Waals surface area contributed by atoms with E-state index in [1.54, 1.807) is 18.2 Å². The fourth-order valence-corrected chi connectivity index (χ4v) is 3.63. The lowest BCUT2D eigenvalue weighted by Crippen LogP contribution is -1.98. The van der Waals surface area contributed by atoms with Crippen molar-refractivity contribution in [1.29, 1.82) is 5.26 Å². The van der Waals surface area contributed by atoms with Crippen LogP contribution < -0.4 is 0 Å². The average Bonchev–Trinajstić information content (AvgIpc) is 2.89. The van der Waals surface area contributed by atoms with E-state index in [0.717, 1.165) is 32.7 Å². The highest BCUT2D eigenvalue weighted by molar-refractivity contribution is 9.10. The van der Waals surface area contributed by atoms with Gasteiger partial charge in [-0.1, -0.05) is 51.3 Å². The molecule has 0 aliphatic carbocycles. The summed E-state index contributed by atoms with van der Waals surface area (Å²) < 4.78 is 3.19. The van der Waals surface area contributed by atoms with Crippen molar-refractivity contribution in [2.75, 3.05) is 0 Å². The van der Waals surface area contributed by atoms with Crippen molar-refractivity contribution < 1.29 is 0 Å². The van der Waals surface area contributed by atoms with E-state index in [9.17, 15) is 5.26 Å². The highest BCUT2D eigenvalue weighted by atomic mass is 79.9. The predicted octanol–water partition coefficient (Wildman–Crippen LogP) is 7.23. The molecule has 0 bridgehead atoms. The Hall–Kier alpha value is -1.99. The Labute approximate surface area is 171 Å². The molecule has 0 N–H and O–H groups in total. The zero-order valence-corrected chi connectivity index (χ0v) is 17.3. The van der Waals surface area contributed by atoms with Crippen LogP contribution in [0.5, 0.6) is 0 Å². The molecule has 0 aliphatic rings. The Kier molecular flexibility index (Phi) is 5.58. The summed E-state index contributed by atoms with van der Waals surface area (Å²) in [6, 6.07) is 17.7. The molecule has 130 valence electrons. The van der Waals surface area contributed by atoms with Gasteiger partial charge in [-0.3, -0.25) is 0 Å². The third-order valence-electron chi connectivity index (χ3n) is 4.19. The standard InChI is InChI=1S/C21H15BrCl2N2/c1-13-8-16(14(2)26(13)19-5-3-4-18(22)11-19)9-17(12-25)15-6-7-20(23)21(24)10-15/h3-11H,1-2H3/b17-9-. The van der Waals surface area contributed by atoms with Crippen LogP contribution >= 0.6 is 39.1 Å². The number of aromatic nitrogens is 1. The quantitative estimate of drug-likeness (QED) is 0.391. The summed E-state index contributed by atoms with van der Waals surface area (Å²) in [6.07, 6.45) is 1.89. The lowest BCUT2D eigenvalue weighted by molar-refractivity contribution is 0.963. The minimum atomic E-state index is 0.435. The molecule has 1 heterocycles. The summed E-state index contributed by atoms with van der Waals surface area (Å²) in [5.41, 5.74) is 5.51. The van der Waals surface area contributed by atoms with Crippen molar-refractivity contribution >= 4 is 50.8 Å². The molecule has 0 aliphatic heterocycles. The van der Waals surface area contributed by atoms with Gasteiger partial charge < -0.3 is 4.57 Å². The predicted molar refractivity (Wildman–Crippen MR) is 113 cm³/mol. The number of benzene rings is 2. The molecule has 0 spiro atoms. The summed E-state index contributed by atoms with van der Waals surface area (Å²) in [6.45, 7) is 4.10. The third-order valence-corrected chi connectivity index (χ3v) is 5.42. The normalized spacial score (nSPS) is 11.5. The largest absolute Gasteiger partial charge is 0.318 e. The van der Waals surface area contributed by atoms with Crippen LogP contribution in [-0.4, -0.2) is 4.57 Å². The summed E-state index contributed by atoms with van der Waals surface area (Å²) in [5.74, 6) is 0. The SMILES string of the molecule is Cc1cc(/C=C(/C#N)c2ccc(Cl)c(Cl)c2)c(C)n1-c1cccc(Br)c1. The number of hydrogen-bond donors (Lipinski definition) is 0. The lowest BCUT2D eigenvalue weighted by Gasteiger charge is -2.10. The van der Waals surface area contributed by atoms with Gasteiger partial charge in [-0.15, -0.1) is 0 Å². The fraction of sp³-hybridized carbons (Fsp3) is 0.0952. The smallest absolute Gasteiger partial charge is 0.0998 e. The van der Waals surface area contributed by atoms with Crippen molar-refractivity contribution in [3.05, 3.63) is 85.6 Å². The number of allylic oxidation sites excluding steroid dienone is 1. The fourth-order valence-electron chi connectivity index (χ4n) is 2.95. The monoisotopic (exact) mass is 444 g/mol. The van der Waals surface area contributed by atoms with E-state index < -0.39 is 0 Å². The molecule has 0 amide bonds. The molecule has 0 fully saturated rings. The van der Waals surface area contributed by atoms with Crippen LogP contribution in [0.4, 0.5) is 0 Å². The first-order chi connectivity index (χ1) is 12.4. The maximum Gasteiger partial charge on any atom is 0.0998 e. The van der Waals surface area contributed by atoms with E-state index in [2.05, 4.69) is 51.7 Å². The minimum absolute atomic E-state index is 0.435. The van der Waals surface area contributed by atoms with Crippen LogP contribution in [0.3, 0.4) is 0 Å². The molecule has 0 saturated heterocycles. The summed E-state index contributed by atoms with van der Waals surface area (Å²) in [7, 11) is 0. The minimum Gasteiger partial charge on any atom is -0.318 e. The molecular formula is C21H15BrCl2N2. The van der Waals surface area contributed by atoms with Crippen molar-refractivity contribution in [1.82, 2.24) is 4.57 Å². The first kappa shape index (κ1) is 18.8. The molecule has 3 rings (SSSR count). The average molecular weight is 446 g/mol. The number of halogens is 3. The van der Waals surface area contributed by atoms with Crippen LogP contribution in [-0.2, 0) is 0 Å². The first-order valence-corrected chi connectivity index (χ1v) is 9.47. The van der Waals surface area contributed by atoms with Gasteiger partial charge in [0.2, 0.25) is 0 Å². The number of aryl methyl sites for hydroxylation is 1. The van der Waals surface area contributed by atoms with Crippen LogP contribution in [0.15, 0.2) is 53.0 Å². The van der Waals surface area contributed by atoms with Crippen LogP contribution in [0, 0.1) is 25.2 Å². The van der Waals surface area contributed by atoms with Gasteiger partial charge in [-0.25, -0.2) is 0 Å². The molecule has 2 aromatic carbocycles. The van der Waals surface area contributed by atoms with Crippen molar-refractivity contribution in [2.24, 2.45) is 0 Å². The third kappa shape index (κ3) is 3.73. The van der Waals surface area contributed by atoms with Crippen molar-refractivity contribution in [2.45, 2.75) is 13.8 Å². The summed E-state index contributed by atoms with van der Waals surface area (Å²) in [4.78, 5) is 0. The molecule has 5 heteroatoms. The molecule has 2 nitrogen and oxygen atoms in total. The van der Waals surface area contributed by atoms with Gasteiger partial charge in [0.15, 0.2) is 0 Å². The second-order valence-electron chi connectivity index (χ2n) is 5.94. The van der Waals surface area contributed by atoms with Crippen LogP contribution in [0.25, 0.3) is 17.3 Å². The van der Waals surface area contributed by atoms with E-state index in [-0.39, 0.29) is 0 Å². The Morgan fingerprint density at radius 2 is 1.85 bits per heavy atom. The van der Waals surface area contributed by atoms with Gasteiger partial charge in [0.25, 0.3) is 0 Å². The molecule has 26 heavy (non-hydrogen) atoms. The molecule has 3 aromatic rings. The Morgan fingerprint density at radius 1 is 1.08 bits per heavy atom. The maximum atomic E-state index is 9.61. The van der Waals surface area contributed by atoms with Gasteiger partial charge in [0, 0.05) is 21.5 Å². The van der Waals surface area contributed by atoms with E-state index in [1.807, 2.05) is 25.1 Å². The Morgan fingerprint density at radius 3 is 2.50 bits per heavy atom. The highest BCUT2D eigenvalue weighted by Gasteiger charge is 2.12. The molecular weight excluding hydrogens is 431 g/mol. The number of rotatable bonds is 3. The zero-order chi connectivity index (χ0) is 18.8. The van der Waals surface area contributed by atoms with Gasteiger partial charge in [0.1, 0.15) is 0 Å². The molecule has 0 unspecified atom stereocenters. The molecule has 0 saturated carbocycles. The second kappa shape index (κ2) is 7.72. The van der Waals surface area contributed by atoms with Gasteiger partial charge in [-0.05, 0) is 67.4 Å². The van der Waals surface area contributed by atoms with Crippen molar-refractivity contribution in [3.8, 4) is 11.8 Å². The maximum absolute atomic E-state index is 9.61. The Bertz CT molecular complexity index is 1060. The van der Waals surface area contributed by atoms with Crippen molar-refractivity contribution in [3.63, 3.8) is 0 Å². The lowest BCUT2D eigenvalue weighted by atomic mass is 10.0. The van der Waals surface area contributed by atoms with Gasteiger partial charge in [0.05, 0.1) is 21.7 Å². The number of nitrogens with zero attached hydrogens (tertiary/aromatic N) is 2. The number of hydrogen-bond acceptors (Lipinski definition) is 1. The van der Waals surface area contributed by atoms with Crippen LogP contribution in [0.2, 0.25) is 10.0 Å².